The number of nitrogens with zero attached hydrogens (tertiary/aromatic N) is 1. The summed E-state index contributed by atoms with van der Waals surface area (Å²) in [7, 11) is 0. The maximum atomic E-state index is 12.0. The van der Waals surface area contributed by atoms with Gasteiger partial charge in [-0.3, -0.25) is 4.79 Å². The monoisotopic (exact) mass is 322 g/mol. The molecule has 1 unspecified atom stereocenters. The molecule has 0 saturated heterocycles. The van der Waals surface area contributed by atoms with Crippen molar-refractivity contribution in [2.75, 3.05) is 0 Å². The lowest BCUT2D eigenvalue weighted by Crippen LogP contribution is -2.40. The van der Waals surface area contributed by atoms with Crippen LogP contribution >= 0.6 is 11.6 Å². The molecule has 0 fully saturated rings. The van der Waals surface area contributed by atoms with Crippen LogP contribution < -0.4 is 5.32 Å². The van der Waals surface area contributed by atoms with Gasteiger partial charge in [-0.15, -0.1) is 0 Å². The quantitative estimate of drug-likeness (QED) is 0.853. The lowest BCUT2D eigenvalue weighted by Gasteiger charge is -2.11. The number of carboxylic acid groups (broad SMARTS) is 1. The molecule has 22 heavy (non-hydrogen) atoms. The van der Waals surface area contributed by atoms with E-state index in [1.54, 1.807) is 24.3 Å². The highest BCUT2D eigenvalue weighted by Crippen LogP contribution is 2.27. The third kappa shape index (κ3) is 3.65. The fourth-order valence-electron chi connectivity index (χ4n) is 1.95. The number of aromatic nitrogens is 1. The van der Waals surface area contributed by atoms with Crippen molar-refractivity contribution in [3.63, 3.8) is 0 Å². The highest BCUT2D eigenvalue weighted by Gasteiger charge is 2.22. The Bertz CT molecular complexity index is 684. The summed E-state index contributed by atoms with van der Waals surface area (Å²) in [5, 5.41) is 15.6. The largest absolute Gasteiger partial charge is 0.480 e. The van der Waals surface area contributed by atoms with Gasteiger partial charge in [0.2, 0.25) is 0 Å². The third-order valence-corrected chi connectivity index (χ3v) is 3.39. The van der Waals surface area contributed by atoms with Crippen LogP contribution in [-0.2, 0) is 4.79 Å². The van der Waals surface area contributed by atoms with Crippen LogP contribution in [0.4, 0.5) is 0 Å². The van der Waals surface area contributed by atoms with Gasteiger partial charge in [0, 0.05) is 11.6 Å². The lowest BCUT2D eigenvalue weighted by atomic mass is 10.1. The Morgan fingerprint density at radius 1 is 1.41 bits per heavy atom. The second-order valence-corrected chi connectivity index (χ2v) is 5.12. The highest BCUT2D eigenvalue weighted by atomic mass is 35.5. The SMILES string of the molecule is CCCC(NC(=O)c1cc(-c2ccccc2Cl)on1)C(=O)O. The number of nitrogens with one attached hydrogen (secondary N) is 1. The Morgan fingerprint density at radius 3 is 2.77 bits per heavy atom. The number of aliphatic carboxylic acids is 1. The number of halogens is 1. The van der Waals surface area contributed by atoms with Crippen molar-refractivity contribution < 1.29 is 19.2 Å². The van der Waals surface area contributed by atoms with Crippen LogP contribution in [-0.4, -0.2) is 28.2 Å². The molecule has 0 bridgehead atoms. The van der Waals surface area contributed by atoms with Crippen LogP contribution in [0.5, 0.6) is 0 Å². The topological polar surface area (TPSA) is 92.4 Å². The van der Waals surface area contributed by atoms with E-state index >= 15 is 0 Å². The van der Waals surface area contributed by atoms with Crippen LogP contribution in [0.25, 0.3) is 11.3 Å². The fourth-order valence-corrected chi connectivity index (χ4v) is 2.18. The van der Waals surface area contributed by atoms with E-state index in [9.17, 15) is 9.59 Å². The fraction of sp³-hybridized carbons (Fsp3) is 0.267. The number of carbonyl (C=O) groups excluding carboxylic acids is 1. The second kappa shape index (κ2) is 7.09. The second-order valence-electron chi connectivity index (χ2n) is 4.71. The first-order valence-corrected chi connectivity index (χ1v) is 7.16. The molecule has 0 saturated carbocycles. The van der Waals surface area contributed by atoms with Crippen molar-refractivity contribution in [3.05, 3.63) is 41.0 Å². The Hall–Kier alpha value is -2.34. The Morgan fingerprint density at radius 2 is 2.14 bits per heavy atom. The van der Waals surface area contributed by atoms with E-state index in [0.717, 1.165) is 0 Å². The molecule has 116 valence electrons. The molecule has 0 spiro atoms. The predicted molar refractivity (Wildman–Crippen MR) is 80.7 cm³/mol. The Labute approximate surface area is 132 Å². The molecule has 1 atom stereocenters. The molecule has 0 aliphatic carbocycles. The van der Waals surface area contributed by atoms with E-state index in [2.05, 4.69) is 10.5 Å². The van der Waals surface area contributed by atoms with E-state index in [0.29, 0.717) is 29.2 Å². The van der Waals surface area contributed by atoms with Crippen molar-refractivity contribution in [2.45, 2.75) is 25.8 Å². The van der Waals surface area contributed by atoms with Crippen molar-refractivity contribution in [1.82, 2.24) is 10.5 Å². The minimum atomic E-state index is -1.08. The van der Waals surface area contributed by atoms with Crippen LogP contribution in [0.1, 0.15) is 30.3 Å². The molecule has 6 nitrogen and oxygen atoms in total. The molecule has 7 heteroatoms. The van der Waals surface area contributed by atoms with Crippen molar-refractivity contribution in [1.29, 1.82) is 0 Å². The van der Waals surface area contributed by atoms with E-state index < -0.39 is 17.9 Å². The molecule has 0 radical (unpaired) electrons. The molecular formula is C15H15ClN2O4. The molecule has 0 aliphatic heterocycles. The van der Waals surface area contributed by atoms with Gasteiger partial charge in [0.05, 0.1) is 5.02 Å². The molecule has 2 aromatic rings. The summed E-state index contributed by atoms with van der Waals surface area (Å²) in [5.74, 6) is -1.33. The summed E-state index contributed by atoms with van der Waals surface area (Å²) >= 11 is 6.05. The molecule has 2 N–H and O–H groups in total. The van der Waals surface area contributed by atoms with Gasteiger partial charge < -0.3 is 14.9 Å². The summed E-state index contributed by atoms with van der Waals surface area (Å²) in [6, 6.07) is 7.48. The molecule has 0 aliphatic rings. The first-order valence-electron chi connectivity index (χ1n) is 6.78. The van der Waals surface area contributed by atoms with E-state index in [1.807, 2.05) is 6.92 Å². The normalized spacial score (nSPS) is 11.9. The maximum absolute atomic E-state index is 12.0. The lowest BCUT2D eigenvalue weighted by molar-refractivity contribution is -0.139. The van der Waals surface area contributed by atoms with Gasteiger partial charge in [0.25, 0.3) is 5.91 Å². The maximum Gasteiger partial charge on any atom is 0.326 e. The van der Waals surface area contributed by atoms with Gasteiger partial charge in [-0.1, -0.05) is 42.2 Å². The summed E-state index contributed by atoms with van der Waals surface area (Å²) in [6.07, 6.45) is 0.983. The number of amides is 1. The van der Waals surface area contributed by atoms with Crippen LogP contribution in [0, 0.1) is 0 Å². The molecule has 1 aromatic heterocycles. The van der Waals surface area contributed by atoms with Crippen molar-refractivity contribution in [2.24, 2.45) is 0 Å². The van der Waals surface area contributed by atoms with Gasteiger partial charge in [-0.05, 0) is 18.6 Å². The Balaban J connectivity index is 2.16. The van der Waals surface area contributed by atoms with Crippen LogP contribution in [0.3, 0.4) is 0 Å². The smallest absolute Gasteiger partial charge is 0.326 e. The molecule has 1 aromatic carbocycles. The predicted octanol–water partition coefficient (Wildman–Crippen LogP) is 2.98. The number of hydrogen-bond donors (Lipinski definition) is 2. The van der Waals surface area contributed by atoms with E-state index in [1.165, 1.54) is 6.07 Å². The number of rotatable bonds is 6. The number of benzene rings is 1. The molecule has 2 rings (SSSR count). The minimum absolute atomic E-state index is 0.0114. The molecule has 1 heterocycles. The molecular weight excluding hydrogens is 308 g/mol. The zero-order valence-corrected chi connectivity index (χ0v) is 12.6. The summed E-state index contributed by atoms with van der Waals surface area (Å²) in [5.41, 5.74) is 0.622. The summed E-state index contributed by atoms with van der Waals surface area (Å²) < 4.78 is 5.11. The number of carbonyl (C=O) groups is 2. The van der Waals surface area contributed by atoms with Crippen molar-refractivity contribution in [3.8, 4) is 11.3 Å². The highest BCUT2D eigenvalue weighted by molar-refractivity contribution is 6.33. The first kappa shape index (κ1) is 16.0. The zero-order chi connectivity index (χ0) is 16.1. The van der Waals surface area contributed by atoms with Gasteiger partial charge in [0.15, 0.2) is 11.5 Å². The minimum Gasteiger partial charge on any atom is -0.480 e. The average Bonchev–Trinajstić information content (AvgIpc) is 2.96. The van der Waals surface area contributed by atoms with E-state index in [4.69, 9.17) is 21.2 Å². The number of carboxylic acids is 1. The average molecular weight is 323 g/mol. The van der Waals surface area contributed by atoms with Gasteiger partial charge in [0.1, 0.15) is 6.04 Å². The summed E-state index contributed by atoms with van der Waals surface area (Å²) in [4.78, 5) is 23.1. The van der Waals surface area contributed by atoms with Crippen molar-refractivity contribution >= 4 is 23.5 Å². The number of hydrogen-bond acceptors (Lipinski definition) is 4. The van der Waals surface area contributed by atoms with Crippen LogP contribution in [0.2, 0.25) is 5.02 Å². The molecule has 1 amide bonds. The third-order valence-electron chi connectivity index (χ3n) is 3.06. The van der Waals surface area contributed by atoms with Gasteiger partial charge >= 0.3 is 5.97 Å². The van der Waals surface area contributed by atoms with Gasteiger partial charge in [-0.25, -0.2) is 4.79 Å². The zero-order valence-electron chi connectivity index (χ0n) is 11.9. The summed E-state index contributed by atoms with van der Waals surface area (Å²) in [6.45, 7) is 1.84. The standard InChI is InChI=1S/C15H15ClN2O4/c1-2-5-11(15(20)21)17-14(19)12-8-13(22-18-12)9-6-3-4-7-10(9)16/h3-4,6-8,11H,2,5H2,1H3,(H,17,19)(H,20,21). The van der Waals surface area contributed by atoms with Gasteiger partial charge in [-0.2, -0.15) is 0 Å². The van der Waals surface area contributed by atoms with Crippen LogP contribution in [0.15, 0.2) is 34.9 Å². The Kier molecular flexibility index (Phi) is 5.16. The first-order chi connectivity index (χ1) is 10.5. The van der Waals surface area contributed by atoms with E-state index in [-0.39, 0.29) is 5.69 Å².